The molecular weight excluding hydrogens is 230 g/mol. The molecule has 2 N–H and O–H groups in total. The Bertz CT molecular complexity index is 295. The molecule has 0 aromatic heterocycles. The summed E-state index contributed by atoms with van der Waals surface area (Å²) in [6, 6.07) is 0. The van der Waals surface area contributed by atoms with Crippen molar-refractivity contribution >= 4 is 11.9 Å². The molecule has 0 heterocycles. The van der Waals surface area contributed by atoms with Crippen LogP contribution in [0.2, 0.25) is 0 Å². The molecule has 4 nitrogen and oxygen atoms in total. The fraction of sp³-hybridized carbons (Fsp3) is 0.857. The minimum Gasteiger partial charge on any atom is -0.481 e. The number of aliphatic carboxylic acids is 1. The molecule has 104 valence electrons. The van der Waals surface area contributed by atoms with E-state index in [1.165, 1.54) is 0 Å². The third kappa shape index (κ3) is 4.67. The Morgan fingerprint density at radius 2 is 1.89 bits per heavy atom. The summed E-state index contributed by atoms with van der Waals surface area (Å²) in [6.07, 6.45) is 6.04. The van der Waals surface area contributed by atoms with E-state index in [0.29, 0.717) is 18.9 Å². The second-order valence-corrected chi connectivity index (χ2v) is 5.85. The maximum Gasteiger partial charge on any atom is 0.303 e. The van der Waals surface area contributed by atoms with Crippen molar-refractivity contribution in [2.75, 3.05) is 6.54 Å². The molecule has 0 aromatic rings. The highest BCUT2D eigenvalue weighted by Gasteiger charge is 2.35. The van der Waals surface area contributed by atoms with Crippen LogP contribution in [0, 0.1) is 11.3 Å². The molecule has 0 radical (unpaired) electrons. The van der Waals surface area contributed by atoms with Gasteiger partial charge in [-0.3, -0.25) is 9.59 Å². The zero-order valence-electron chi connectivity index (χ0n) is 11.5. The smallest absolute Gasteiger partial charge is 0.303 e. The minimum atomic E-state index is -0.746. The van der Waals surface area contributed by atoms with E-state index >= 15 is 0 Å². The summed E-state index contributed by atoms with van der Waals surface area (Å²) < 4.78 is 0. The van der Waals surface area contributed by atoms with Crippen LogP contribution < -0.4 is 5.32 Å². The summed E-state index contributed by atoms with van der Waals surface area (Å²) in [7, 11) is 0. The zero-order chi connectivity index (χ0) is 13.6. The van der Waals surface area contributed by atoms with E-state index in [1.807, 2.05) is 13.8 Å². The van der Waals surface area contributed by atoms with Crippen molar-refractivity contribution in [3.63, 3.8) is 0 Å². The SMILES string of the molecule is CC(CCNC(=O)C1(C)CCCC1)CCC(=O)O. The maximum absolute atomic E-state index is 12.0. The third-order valence-electron chi connectivity index (χ3n) is 4.03. The molecular formula is C14H25NO3. The van der Waals surface area contributed by atoms with E-state index in [4.69, 9.17) is 5.11 Å². The molecule has 0 bridgehead atoms. The topological polar surface area (TPSA) is 66.4 Å². The van der Waals surface area contributed by atoms with Gasteiger partial charge in [0.05, 0.1) is 0 Å². The minimum absolute atomic E-state index is 0.162. The Hall–Kier alpha value is -1.06. The van der Waals surface area contributed by atoms with E-state index in [1.54, 1.807) is 0 Å². The normalized spacial score (nSPS) is 19.4. The molecule has 1 aliphatic carbocycles. The quantitative estimate of drug-likeness (QED) is 0.734. The third-order valence-corrected chi connectivity index (χ3v) is 4.03. The Balaban J connectivity index is 2.17. The number of rotatable bonds is 7. The van der Waals surface area contributed by atoms with Gasteiger partial charge in [-0.25, -0.2) is 0 Å². The average Bonchev–Trinajstić information content (AvgIpc) is 2.74. The molecule has 1 unspecified atom stereocenters. The number of hydrogen-bond donors (Lipinski definition) is 2. The summed E-state index contributed by atoms with van der Waals surface area (Å²) in [5.41, 5.74) is -0.162. The summed E-state index contributed by atoms with van der Waals surface area (Å²) in [5, 5.41) is 11.6. The second kappa shape index (κ2) is 6.76. The molecule has 0 saturated heterocycles. The van der Waals surface area contributed by atoms with E-state index in [0.717, 1.165) is 32.1 Å². The van der Waals surface area contributed by atoms with Crippen LogP contribution in [0.25, 0.3) is 0 Å². The summed E-state index contributed by atoms with van der Waals surface area (Å²) >= 11 is 0. The van der Waals surface area contributed by atoms with Crippen LogP contribution in [-0.4, -0.2) is 23.5 Å². The van der Waals surface area contributed by atoms with Crippen molar-refractivity contribution in [2.45, 2.75) is 58.8 Å². The summed E-state index contributed by atoms with van der Waals surface area (Å²) in [6.45, 7) is 4.74. The Kier molecular flexibility index (Phi) is 5.63. The van der Waals surface area contributed by atoms with Crippen LogP contribution in [0.5, 0.6) is 0 Å². The van der Waals surface area contributed by atoms with Gasteiger partial charge in [-0.2, -0.15) is 0 Å². The van der Waals surface area contributed by atoms with Gasteiger partial charge in [0, 0.05) is 18.4 Å². The first-order valence-corrected chi connectivity index (χ1v) is 6.94. The molecule has 1 amide bonds. The lowest BCUT2D eigenvalue weighted by Gasteiger charge is -2.22. The Morgan fingerprint density at radius 3 is 2.44 bits per heavy atom. The first-order chi connectivity index (χ1) is 8.44. The average molecular weight is 255 g/mol. The van der Waals surface area contributed by atoms with E-state index < -0.39 is 5.97 Å². The van der Waals surface area contributed by atoms with Gasteiger partial charge in [0.2, 0.25) is 5.91 Å². The first-order valence-electron chi connectivity index (χ1n) is 6.94. The molecule has 0 spiro atoms. The molecule has 0 aromatic carbocycles. The lowest BCUT2D eigenvalue weighted by atomic mass is 9.88. The number of carboxylic acid groups (broad SMARTS) is 1. The van der Waals surface area contributed by atoms with Crippen LogP contribution in [0.4, 0.5) is 0 Å². The van der Waals surface area contributed by atoms with Gasteiger partial charge < -0.3 is 10.4 Å². The van der Waals surface area contributed by atoms with Gasteiger partial charge in [-0.05, 0) is 31.6 Å². The highest BCUT2D eigenvalue weighted by molar-refractivity contribution is 5.82. The zero-order valence-corrected chi connectivity index (χ0v) is 11.5. The number of hydrogen-bond acceptors (Lipinski definition) is 2. The van der Waals surface area contributed by atoms with Gasteiger partial charge in [-0.1, -0.05) is 26.7 Å². The van der Waals surface area contributed by atoms with Crippen LogP contribution in [0.3, 0.4) is 0 Å². The van der Waals surface area contributed by atoms with Gasteiger partial charge in [0.25, 0.3) is 0 Å². The summed E-state index contributed by atoms with van der Waals surface area (Å²) in [5.74, 6) is -0.229. The van der Waals surface area contributed by atoms with Crippen molar-refractivity contribution in [3.05, 3.63) is 0 Å². The van der Waals surface area contributed by atoms with Crippen molar-refractivity contribution in [3.8, 4) is 0 Å². The number of carboxylic acids is 1. The fourth-order valence-electron chi connectivity index (χ4n) is 2.54. The number of amides is 1. The molecule has 1 atom stereocenters. The van der Waals surface area contributed by atoms with Crippen molar-refractivity contribution in [1.29, 1.82) is 0 Å². The van der Waals surface area contributed by atoms with Crippen LogP contribution in [-0.2, 0) is 9.59 Å². The molecule has 1 aliphatic rings. The highest BCUT2D eigenvalue weighted by Crippen LogP contribution is 2.37. The van der Waals surface area contributed by atoms with Crippen molar-refractivity contribution in [1.82, 2.24) is 5.32 Å². The monoisotopic (exact) mass is 255 g/mol. The fourth-order valence-corrected chi connectivity index (χ4v) is 2.54. The van der Waals surface area contributed by atoms with Crippen LogP contribution in [0.1, 0.15) is 58.8 Å². The Labute approximate surface area is 109 Å². The molecule has 1 saturated carbocycles. The molecule has 1 rings (SSSR count). The highest BCUT2D eigenvalue weighted by atomic mass is 16.4. The van der Waals surface area contributed by atoms with Crippen molar-refractivity contribution in [2.24, 2.45) is 11.3 Å². The van der Waals surface area contributed by atoms with E-state index in [-0.39, 0.29) is 17.7 Å². The largest absolute Gasteiger partial charge is 0.481 e. The van der Waals surface area contributed by atoms with Crippen molar-refractivity contribution < 1.29 is 14.7 Å². The molecule has 0 aliphatic heterocycles. The summed E-state index contributed by atoms with van der Waals surface area (Å²) in [4.78, 5) is 22.4. The van der Waals surface area contributed by atoms with E-state index in [2.05, 4.69) is 5.32 Å². The molecule has 4 heteroatoms. The predicted octanol–water partition coefficient (Wildman–Crippen LogP) is 2.57. The standard InChI is InChI=1S/C14H25NO3/c1-11(5-6-12(16)17)7-10-15-13(18)14(2)8-3-4-9-14/h11H,3-10H2,1-2H3,(H,15,18)(H,16,17). The van der Waals surface area contributed by atoms with Gasteiger partial charge in [-0.15, -0.1) is 0 Å². The lowest BCUT2D eigenvalue weighted by Crippen LogP contribution is -2.37. The second-order valence-electron chi connectivity index (χ2n) is 5.85. The van der Waals surface area contributed by atoms with Crippen LogP contribution >= 0.6 is 0 Å². The predicted molar refractivity (Wildman–Crippen MR) is 70.2 cm³/mol. The molecule has 18 heavy (non-hydrogen) atoms. The van der Waals surface area contributed by atoms with Crippen LogP contribution in [0.15, 0.2) is 0 Å². The number of carbonyl (C=O) groups is 2. The number of nitrogens with one attached hydrogen (secondary N) is 1. The Morgan fingerprint density at radius 1 is 1.28 bits per heavy atom. The number of carbonyl (C=O) groups excluding carboxylic acids is 1. The lowest BCUT2D eigenvalue weighted by molar-refractivity contribution is -0.137. The van der Waals surface area contributed by atoms with Gasteiger partial charge >= 0.3 is 5.97 Å². The molecule has 1 fully saturated rings. The van der Waals surface area contributed by atoms with Gasteiger partial charge in [0.1, 0.15) is 0 Å². The van der Waals surface area contributed by atoms with Gasteiger partial charge in [0.15, 0.2) is 0 Å². The maximum atomic E-state index is 12.0. The van der Waals surface area contributed by atoms with E-state index in [9.17, 15) is 9.59 Å². The first kappa shape index (κ1) is 15.0.